The molecule has 1 N–H and O–H groups in total. The Morgan fingerprint density at radius 2 is 2.00 bits per heavy atom. The van der Waals surface area contributed by atoms with Crippen molar-refractivity contribution >= 4 is 17.5 Å². The maximum atomic E-state index is 12.6. The molecule has 5 heteroatoms. The van der Waals surface area contributed by atoms with Crippen LogP contribution in [0.4, 0.5) is 5.69 Å². The van der Waals surface area contributed by atoms with Gasteiger partial charge in [0.25, 0.3) is 0 Å². The van der Waals surface area contributed by atoms with Gasteiger partial charge in [-0.2, -0.15) is 0 Å². The highest BCUT2D eigenvalue weighted by atomic mass is 16.5. The number of hydrogen-bond donors (Lipinski definition) is 1. The number of aryl methyl sites for hydroxylation is 2. The van der Waals surface area contributed by atoms with Crippen LogP contribution >= 0.6 is 0 Å². The van der Waals surface area contributed by atoms with Crippen molar-refractivity contribution < 1.29 is 14.3 Å². The van der Waals surface area contributed by atoms with Gasteiger partial charge in [0.2, 0.25) is 11.8 Å². The molecule has 0 spiro atoms. The summed E-state index contributed by atoms with van der Waals surface area (Å²) in [6.45, 7) is 5.05. The van der Waals surface area contributed by atoms with Gasteiger partial charge in [-0.3, -0.25) is 9.59 Å². The number of para-hydroxylation sites is 1. The molecule has 3 rings (SSSR count). The van der Waals surface area contributed by atoms with Gasteiger partial charge in [0.15, 0.2) is 0 Å². The van der Waals surface area contributed by atoms with E-state index < -0.39 is 0 Å². The minimum Gasteiger partial charge on any atom is -0.496 e. The first-order chi connectivity index (χ1) is 13.0. The maximum absolute atomic E-state index is 12.6. The van der Waals surface area contributed by atoms with Crippen LogP contribution < -0.4 is 10.1 Å². The Balaban J connectivity index is 1.58. The standard InChI is InChI=1S/C22H26N2O3/c1-15-8-9-19(16(2)12-15)23-22(26)18-13-21(25)24(14-18)11-10-17-6-4-5-7-20(17)27-3/h4-9,12,18H,10-11,13-14H2,1-3H3,(H,23,26). The molecule has 142 valence electrons. The summed E-state index contributed by atoms with van der Waals surface area (Å²) in [5.74, 6) is 0.463. The van der Waals surface area contributed by atoms with E-state index in [1.807, 2.05) is 56.3 Å². The summed E-state index contributed by atoms with van der Waals surface area (Å²) < 4.78 is 5.37. The molecular formula is C22H26N2O3. The summed E-state index contributed by atoms with van der Waals surface area (Å²) in [6.07, 6.45) is 0.976. The number of carbonyl (C=O) groups is 2. The van der Waals surface area contributed by atoms with Gasteiger partial charge in [0.1, 0.15) is 5.75 Å². The highest BCUT2D eigenvalue weighted by Crippen LogP contribution is 2.24. The summed E-state index contributed by atoms with van der Waals surface area (Å²) >= 11 is 0. The van der Waals surface area contributed by atoms with Crippen LogP contribution in [0.25, 0.3) is 0 Å². The van der Waals surface area contributed by atoms with Crippen molar-refractivity contribution in [2.45, 2.75) is 26.7 Å². The average molecular weight is 366 g/mol. The largest absolute Gasteiger partial charge is 0.496 e. The minimum atomic E-state index is -0.309. The van der Waals surface area contributed by atoms with Crippen molar-refractivity contribution in [3.05, 3.63) is 59.2 Å². The fourth-order valence-corrected chi connectivity index (χ4v) is 3.52. The molecule has 5 nitrogen and oxygen atoms in total. The molecule has 1 unspecified atom stereocenters. The molecule has 0 saturated carbocycles. The predicted octanol–water partition coefficient (Wildman–Crippen LogP) is 3.34. The van der Waals surface area contributed by atoms with E-state index in [1.54, 1.807) is 12.0 Å². The number of nitrogens with one attached hydrogen (secondary N) is 1. The van der Waals surface area contributed by atoms with Gasteiger partial charge in [-0.1, -0.05) is 35.9 Å². The van der Waals surface area contributed by atoms with Gasteiger partial charge < -0.3 is 15.0 Å². The Hall–Kier alpha value is -2.82. The third kappa shape index (κ3) is 4.48. The number of hydrogen-bond acceptors (Lipinski definition) is 3. The number of likely N-dealkylation sites (tertiary alicyclic amines) is 1. The van der Waals surface area contributed by atoms with Crippen molar-refractivity contribution in [2.75, 3.05) is 25.5 Å². The van der Waals surface area contributed by atoms with Gasteiger partial charge in [-0.25, -0.2) is 0 Å². The first-order valence-corrected chi connectivity index (χ1v) is 9.25. The van der Waals surface area contributed by atoms with Gasteiger partial charge in [-0.15, -0.1) is 0 Å². The highest BCUT2D eigenvalue weighted by molar-refractivity contribution is 5.97. The van der Waals surface area contributed by atoms with E-state index in [-0.39, 0.29) is 24.2 Å². The summed E-state index contributed by atoms with van der Waals surface area (Å²) in [4.78, 5) is 26.7. The Labute approximate surface area is 160 Å². The minimum absolute atomic E-state index is 0.0330. The number of ether oxygens (including phenoxy) is 1. The zero-order chi connectivity index (χ0) is 19.4. The van der Waals surface area contributed by atoms with Crippen LogP contribution in [0.5, 0.6) is 5.75 Å². The van der Waals surface area contributed by atoms with Crippen LogP contribution in [0.15, 0.2) is 42.5 Å². The molecule has 27 heavy (non-hydrogen) atoms. The number of rotatable bonds is 6. The van der Waals surface area contributed by atoms with E-state index in [0.29, 0.717) is 19.5 Å². The van der Waals surface area contributed by atoms with Crippen LogP contribution in [-0.2, 0) is 16.0 Å². The number of nitrogens with zero attached hydrogens (tertiary/aromatic N) is 1. The fraction of sp³-hybridized carbons (Fsp3) is 0.364. The summed E-state index contributed by atoms with van der Waals surface area (Å²) in [7, 11) is 1.65. The zero-order valence-electron chi connectivity index (χ0n) is 16.1. The topological polar surface area (TPSA) is 58.6 Å². The Morgan fingerprint density at radius 3 is 2.74 bits per heavy atom. The van der Waals surface area contributed by atoms with Crippen LogP contribution in [0.2, 0.25) is 0 Å². The first kappa shape index (κ1) is 19.0. The van der Waals surface area contributed by atoms with Crippen molar-refractivity contribution in [1.82, 2.24) is 4.90 Å². The van der Waals surface area contributed by atoms with Crippen LogP contribution in [-0.4, -0.2) is 36.9 Å². The predicted molar refractivity (Wildman–Crippen MR) is 106 cm³/mol. The van der Waals surface area contributed by atoms with E-state index in [2.05, 4.69) is 5.32 Å². The molecule has 0 radical (unpaired) electrons. The molecule has 0 aromatic heterocycles. The second kappa shape index (κ2) is 8.25. The van der Waals surface area contributed by atoms with E-state index in [0.717, 1.165) is 28.1 Å². The number of methoxy groups -OCH3 is 1. The van der Waals surface area contributed by atoms with Crippen LogP contribution in [0.3, 0.4) is 0 Å². The van der Waals surface area contributed by atoms with E-state index in [9.17, 15) is 9.59 Å². The summed E-state index contributed by atoms with van der Waals surface area (Å²) in [5, 5.41) is 2.97. The van der Waals surface area contributed by atoms with Gasteiger partial charge >= 0.3 is 0 Å². The SMILES string of the molecule is COc1ccccc1CCN1CC(C(=O)Nc2ccc(C)cc2C)CC1=O. The molecule has 1 atom stereocenters. The molecule has 2 aromatic carbocycles. The third-order valence-electron chi connectivity index (χ3n) is 5.07. The van der Waals surface area contributed by atoms with E-state index in [1.165, 1.54) is 0 Å². The van der Waals surface area contributed by atoms with Crippen molar-refractivity contribution in [2.24, 2.45) is 5.92 Å². The molecule has 2 aromatic rings. The normalized spacial score (nSPS) is 16.5. The lowest BCUT2D eigenvalue weighted by molar-refractivity contribution is -0.128. The molecule has 1 aliphatic rings. The van der Waals surface area contributed by atoms with E-state index >= 15 is 0 Å². The van der Waals surface area contributed by atoms with Crippen LogP contribution in [0, 0.1) is 19.8 Å². The van der Waals surface area contributed by atoms with Gasteiger partial charge in [-0.05, 0) is 43.5 Å². The summed E-state index contributed by atoms with van der Waals surface area (Å²) in [5.41, 5.74) is 4.06. The molecular weight excluding hydrogens is 340 g/mol. The number of carbonyl (C=O) groups excluding carboxylic acids is 2. The highest BCUT2D eigenvalue weighted by Gasteiger charge is 2.34. The lowest BCUT2D eigenvalue weighted by Gasteiger charge is -2.18. The Bertz CT molecular complexity index is 847. The average Bonchev–Trinajstić information content (AvgIpc) is 3.03. The lowest BCUT2D eigenvalue weighted by atomic mass is 10.1. The van der Waals surface area contributed by atoms with E-state index in [4.69, 9.17) is 4.74 Å². The van der Waals surface area contributed by atoms with Crippen molar-refractivity contribution in [3.8, 4) is 5.75 Å². The monoisotopic (exact) mass is 366 g/mol. The number of benzene rings is 2. The zero-order valence-corrected chi connectivity index (χ0v) is 16.1. The number of amides is 2. The summed E-state index contributed by atoms with van der Waals surface area (Å²) in [6, 6.07) is 13.7. The molecule has 1 heterocycles. The molecule has 1 fully saturated rings. The quantitative estimate of drug-likeness (QED) is 0.853. The second-order valence-corrected chi connectivity index (χ2v) is 7.11. The van der Waals surface area contributed by atoms with Crippen molar-refractivity contribution in [1.29, 1.82) is 0 Å². The molecule has 2 amide bonds. The Morgan fingerprint density at radius 1 is 1.22 bits per heavy atom. The molecule has 0 bridgehead atoms. The Kier molecular flexibility index (Phi) is 5.79. The first-order valence-electron chi connectivity index (χ1n) is 9.25. The molecule has 1 aliphatic heterocycles. The van der Waals surface area contributed by atoms with Crippen LogP contribution in [0.1, 0.15) is 23.1 Å². The molecule has 1 saturated heterocycles. The van der Waals surface area contributed by atoms with Gasteiger partial charge in [0, 0.05) is 25.2 Å². The fourth-order valence-electron chi connectivity index (χ4n) is 3.52. The van der Waals surface area contributed by atoms with Gasteiger partial charge in [0.05, 0.1) is 13.0 Å². The third-order valence-corrected chi connectivity index (χ3v) is 5.07. The second-order valence-electron chi connectivity index (χ2n) is 7.11. The molecule has 0 aliphatic carbocycles. The number of anilines is 1. The maximum Gasteiger partial charge on any atom is 0.229 e. The lowest BCUT2D eigenvalue weighted by Crippen LogP contribution is -2.30. The smallest absolute Gasteiger partial charge is 0.229 e. The van der Waals surface area contributed by atoms with Crippen molar-refractivity contribution in [3.63, 3.8) is 0 Å².